The smallest absolute Gasteiger partial charge is 0.411 e. The van der Waals surface area contributed by atoms with E-state index in [1.54, 1.807) is 60.7 Å². The molecule has 3 aromatic carbocycles. The van der Waals surface area contributed by atoms with Crippen LogP contribution in [0.4, 0.5) is 14.9 Å². The first-order valence-corrected chi connectivity index (χ1v) is 12.8. The highest BCUT2D eigenvalue weighted by molar-refractivity contribution is 6.04. The maximum Gasteiger partial charge on any atom is 0.411 e. The minimum Gasteiger partial charge on any atom is -0.497 e. The number of methoxy groups -OCH3 is 1. The van der Waals surface area contributed by atoms with Crippen molar-refractivity contribution in [3.05, 3.63) is 95.3 Å². The zero-order chi connectivity index (χ0) is 27.9. The van der Waals surface area contributed by atoms with Gasteiger partial charge in [-0.2, -0.15) is 0 Å². The van der Waals surface area contributed by atoms with Gasteiger partial charge in [-0.25, -0.2) is 9.18 Å². The lowest BCUT2D eigenvalue weighted by atomic mass is 10.00. The summed E-state index contributed by atoms with van der Waals surface area (Å²) in [7, 11) is 1.53. The summed E-state index contributed by atoms with van der Waals surface area (Å²) in [6, 6.07) is 18.5. The molecule has 0 radical (unpaired) electrons. The second-order valence-corrected chi connectivity index (χ2v) is 9.79. The molecule has 0 aliphatic carbocycles. The summed E-state index contributed by atoms with van der Waals surface area (Å²) in [4.78, 5) is 40.3. The van der Waals surface area contributed by atoms with Gasteiger partial charge in [-0.3, -0.25) is 14.5 Å². The van der Waals surface area contributed by atoms with Crippen molar-refractivity contribution in [3.8, 4) is 5.75 Å². The van der Waals surface area contributed by atoms with Gasteiger partial charge in [-0.15, -0.1) is 0 Å². The van der Waals surface area contributed by atoms with E-state index in [0.717, 1.165) is 6.42 Å². The highest BCUT2D eigenvalue weighted by Crippen LogP contribution is 2.34. The number of nitrogens with zero attached hydrogens (tertiary/aromatic N) is 1. The maximum absolute atomic E-state index is 13.4. The van der Waals surface area contributed by atoms with Crippen LogP contribution in [0.5, 0.6) is 5.75 Å². The molecule has 1 fully saturated rings. The number of hydrogen-bond acceptors (Lipinski definition) is 5. The van der Waals surface area contributed by atoms with Gasteiger partial charge < -0.3 is 20.1 Å². The van der Waals surface area contributed by atoms with Crippen LogP contribution in [0.2, 0.25) is 0 Å². The Labute approximate surface area is 227 Å². The normalized spacial score (nSPS) is 16.6. The Morgan fingerprint density at radius 2 is 1.77 bits per heavy atom. The van der Waals surface area contributed by atoms with Crippen LogP contribution in [-0.2, 0) is 16.1 Å². The lowest BCUT2D eigenvalue weighted by Crippen LogP contribution is -2.46. The highest BCUT2D eigenvalue weighted by Gasteiger charge is 2.46. The number of carbonyl (C=O) groups excluding carboxylic acids is 3. The first-order chi connectivity index (χ1) is 18.7. The van der Waals surface area contributed by atoms with Crippen LogP contribution in [0.1, 0.15) is 47.9 Å². The van der Waals surface area contributed by atoms with Gasteiger partial charge in [0.25, 0.3) is 5.91 Å². The Bertz CT molecular complexity index is 1310. The number of hydrogen-bond donors (Lipinski definition) is 2. The molecule has 1 saturated heterocycles. The van der Waals surface area contributed by atoms with E-state index in [0.29, 0.717) is 40.6 Å². The third-order valence-corrected chi connectivity index (χ3v) is 6.47. The number of anilines is 1. The number of halogens is 1. The summed E-state index contributed by atoms with van der Waals surface area (Å²) >= 11 is 0. The molecule has 0 saturated carbocycles. The third kappa shape index (κ3) is 6.93. The first kappa shape index (κ1) is 27.6. The Kier molecular flexibility index (Phi) is 8.81. The van der Waals surface area contributed by atoms with Crippen LogP contribution >= 0.6 is 0 Å². The molecule has 0 aromatic heterocycles. The standard InChI is InChI=1S/C30H32FN3O5/c1-19(2)15-16-32-29(36)26-27(39-30(37)34(26)18-20-7-11-23(31)12-8-20)21-9-13-24(14-10-21)33-28(35)22-5-4-6-25(17-22)38-3/h4-14,17,19,26-27H,15-16,18H2,1-3H3,(H,32,36)(H,33,35)/t26-,27-/m1/s1. The molecule has 3 aromatic rings. The Morgan fingerprint density at radius 1 is 1.05 bits per heavy atom. The first-order valence-electron chi connectivity index (χ1n) is 12.8. The Balaban J connectivity index is 1.53. The van der Waals surface area contributed by atoms with E-state index in [2.05, 4.69) is 24.5 Å². The molecule has 3 amide bonds. The average molecular weight is 534 g/mol. The van der Waals surface area contributed by atoms with E-state index in [9.17, 15) is 18.8 Å². The highest BCUT2D eigenvalue weighted by atomic mass is 19.1. The average Bonchev–Trinajstić information content (AvgIpc) is 3.25. The fourth-order valence-electron chi connectivity index (χ4n) is 4.31. The van der Waals surface area contributed by atoms with Gasteiger partial charge in [0.05, 0.1) is 13.7 Å². The lowest BCUT2D eigenvalue weighted by Gasteiger charge is -2.24. The van der Waals surface area contributed by atoms with Crippen molar-refractivity contribution in [2.45, 2.75) is 39.0 Å². The Hall–Kier alpha value is -4.40. The van der Waals surface area contributed by atoms with E-state index in [4.69, 9.17) is 9.47 Å². The molecule has 204 valence electrons. The van der Waals surface area contributed by atoms with Gasteiger partial charge in [0, 0.05) is 17.8 Å². The molecule has 9 heteroatoms. The molecule has 2 N–H and O–H groups in total. The van der Waals surface area contributed by atoms with Crippen LogP contribution in [-0.4, -0.2) is 42.5 Å². The van der Waals surface area contributed by atoms with Gasteiger partial charge in [0.15, 0.2) is 12.1 Å². The fraction of sp³-hybridized carbons (Fsp3) is 0.300. The SMILES string of the molecule is COc1cccc(C(=O)Nc2ccc([C@H]3OC(=O)N(Cc4ccc(F)cc4)[C@H]3C(=O)NCCC(C)C)cc2)c1. The summed E-state index contributed by atoms with van der Waals surface area (Å²) in [6.45, 7) is 4.68. The van der Waals surface area contributed by atoms with E-state index in [1.165, 1.54) is 24.1 Å². The van der Waals surface area contributed by atoms with Crippen LogP contribution in [0.3, 0.4) is 0 Å². The number of rotatable bonds is 10. The van der Waals surface area contributed by atoms with Gasteiger partial charge in [-0.05, 0) is 65.9 Å². The van der Waals surface area contributed by atoms with Crippen molar-refractivity contribution in [1.82, 2.24) is 10.2 Å². The summed E-state index contributed by atoms with van der Waals surface area (Å²) in [6.07, 6.45) is -0.707. The molecule has 8 nitrogen and oxygen atoms in total. The fourth-order valence-corrected chi connectivity index (χ4v) is 4.31. The van der Waals surface area contributed by atoms with Crippen LogP contribution in [0.15, 0.2) is 72.8 Å². The van der Waals surface area contributed by atoms with E-state index < -0.39 is 18.2 Å². The number of benzene rings is 3. The molecule has 4 rings (SSSR count). The molecule has 0 unspecified atom stereocenters. The predicted octanol–water partition coefficient (Wildman–Crippen LogP) is 5.31. The zero-order valence-corrected chi connectivity index (χ0v) is 22.1. The van der Waals surface area contributed by atoms with Gasteiger partial charge in [-0.1, -0.05) is 44.2 Å². The minimum atomic E-state index is -0.924. The van der Waals surface area contributed by atoms with Crippen molar-refractivity contribution >= 4 is 23.6 Å². The van der Waals surface area contributed by atoms with Crippen LogP contribution in [0.25, 0.3) is 0 Å². The second kappa shape index (κ2) is 12.4. The minimum absolute atomic E-state index is 0.0898. The summed E-state index contributed by atoms with van der Waals surface area (Å²) < 4.78 is 24.3. The number of carbonyl (C=O) groups is 3. The summed E-state index contributed by atoms with van der Waals surface area (Å²) in [5.41, 5.74) is 2.26. The number of ether oxygens (including phenoxy) is 2. The molecule has 39 heavy (non-hydrogen) atoms. The second-order valence-electron chi connectivity index (χ2n) is 9.79. The van der Waals surface area contributed by atoms with Crippen molar-refractivity contribution < 1.29 is 28.2 Å². The Morgan fingerprint density at radius 3 is 2.44 bits per heavy atom. The summed E-state index contributed by atoms with van der Waals surface area (Å²) in [5.74, 6) is -0.0467. The van der Waals surface area contributed by atoms with Crippen molar-refractivity contribution in [2.24, 2.45) is 5.92 Å². The molecule has 2 atom stereocenters. The van der Waals surface area contributed by atoms with Gasteiger partial charge >= 0.3 is 6.09 Å². The van der Waals surface area contributed by atoms with Crippen molar-refractivity contribution in [2.75, 3.05) is 19.0 Å². The predicted molar refractivity (Wildman–Crippen MR) is 145 cm³/mol. The number of amides is 3. The van der Waals surface area contributed by atoms with Crippen molar-refractivity contribution in [1.29, 1.82) is 0 Å². The molecular formula is C30H32FN3O5. The molecule has 0 bridgehead atoms. The molecular weight excluding hydrogens is 501 g/mol. The molecule has 1 aliphatic heterocycles. The largest absolute Gasteiger partial charge is 0.497 e. The van der Waals surface area contributed by atoms with E-state index >= 15 is 0 Å². The number of cyclic esters (lactones) is 1. The molecule has 1 heterocycles. The molecule has 1 aliphatic rings. The lowest BCUT2D eigenvalue weighted by molar-refractivity contribution is -0.126. The van der Waals surface area contributed by atoms with Gasteiger partial charge in [0.1, 0.15) is 11.6 Å². The third-order valence-electron chi connectivity index (χ3n) is 6.47. The van der Waals surface area contributed by atoms with Crippen molar-refractivity contribution in [3.63, 3.8) is 0 Å². The summed E-state index contributed by atoms with van der Waals surface area (Å²) in [5, 5.41) is 5.76. The topological polar surface area (TPSA) is 97.0 Å². The van der Waals surface area contributed by atoms with E-state index in [-0.39, 0.29) is 24.2 Å². The van der Waals surface area contributed by atoms with Crippen LogP contribution < -0.4 is 15.4 Å². The van der Waals surface area contributed by atoms with Gasteiger partial charge in [0.2, 0.25) is 5.91 Å². The quantitative estimate of drug-likeness (QED) is 0.368. The monoisotopic (exact) mass is 533 g/mol. The van der Waals surface area contributed by atoms with Crippen LogP contribution in [0, 0.1) is 11.7 Å². The number of nitrogens with one attached hydrogen (secondary N) is 2. The maximum atomic E-state index is 13.4. The van der Waals surface area contributed by atoms with E-state index in [1.807, 2.05) is 0 Å². The molecule has 0 spiro atoms. The zero-order valence-electron chi connectivity index (χ0n) is 22.1.